The average molecular weight is 377 g/mol. The summed E-state index contributed by atoms with van der Waals surface area (Å²) in [6, 6.07) is 12.4. The highest BCUT2D eigenvalue weighted by molar-refractivity contribution is 5.87. The minimum Gasteiger partial charge on any atom is -0.384 e. The number of hydrogen-bond acceptors (Lipinski definition) is 6. The van der Waals surface area contributed by atoms with Gasteiger partial charge in [-0.3, -0.25) is 4.90 Å². The molecule has 4 rings (SSSR count). The van der Waals surface area contributed by atoms with Gasteiger partial charge >= 0.3 is 0 Å². The summed E-state index contributed by atoms with van der Waals surface area (Å²) in [6.45, 7) is 8.78. The number of pyridine rings is 1. The molecule has 1 fully saturated rings. The van der Waals surface area contributed by atoms with Crippen molar-refractivity contribution in [3.63, 3.8) is 0 Å². The van der Waals surface area contributed by atoms with Crippen molar-refractivity contribution in [1.29, 1.82) is 0 Å². The Morgan fingerprint density at radius 3 is 2.57 bits per heavy atom. The van der Waals surface area contributed by atoms with Crippen LogP contribution in [0.25, 0.3) is 11.0 Å². The summed E-state index contributed by atoms with van der Waals surface area (Å²) in [4.78, 5) is 15.5. The molecule has 1 aliphatic heterocycles. The highest BCUT2D eigenvalue weighted by atomic mass is 15.1. The highest BCUT2D eigenvalue weighted by Gasteiger charge is 2.22. The SMILES string of the molecule is CC1CC(C)CN(Cc2ccccc2CNc2ncnc3nc(N)ccc23)C1. The minimum absolute atomic E-state index is 0.465. The molecule has 3 aromatic rings. The molecule has 28 heavy (non-hydrogen) atoms. The van der Waals surface area contributed by atoms with Crippen molar-refractivity contribution in [2.24, 2.45) is 11.8 Å². The highest BCUT2D eigenvalue weighted by Crippen LogP contribution is 2.24. The van der Waals surface area contributed by atoms with Crippen LogP contribution in [0.3, 0.4) is 0 Å². The number of hydrogen-bond donors (Lipinski definition) is 2. The van der Waals surface area contributed by atoms with Gasteiger partial charge in [0.25, 0.3) is 0 Å². The lowest BCUT2D eigenvalue weighted by atomic mass is 9.91. The Morgan fingerprint density at radius 2 is 1.79 bits per heavy atom. The molecule has 0 saturated carbocycles. The van der Waals surface area contributed by atoms with E-state index in [0.29, 0.717) is 18.0 Å². The number of nitrogens with one attached hydrogen (secondary N) is 1. The van der Waals surface area contributed by atoms with Crippen molar-refractivity contribution in [2.45, 2.75) is 33.4 Å². The molecular weight excluding hydrogens is 348 g/mol. The second-order valence-electron chi connectivity index (χ2n) is 8.09. The summed E-state index contributed by atoms with van der Waals surface area (Å²) >= 11 is 0. The molecule has 6 heteroatoms. The second-order valence-corrected chi connectivity index (χ2v) is 8.09. The molecule has 1 saturated heterocycles. The van der Waals surface area contributed by atoms with Crippen molar-refractivity contribution in [2.75, 3.05) is 24.1 Å². The Morgan fingerprint density at radius 1 is 1.04 bits per heavy atom. The topological polar surface area (TPSA) is 80.0 Å². The first-order valence-corrected chi connectivity index (χ1v) is 9.98. The molecule has 3 heterocycles. The summed E-state index contributed by atoms with van der Waals surface area (Å²) in [5.74, 6) is 2.78. The van der Waals surface area contributed by atoms with Gasteiger partial charge in [0.15, 0.2) is 5.65 Å². The molecule has 146 valence electrons. The third-order valence-corrected chi connectivity index (χ3v) is 5.42. The molecule has 0 aliphatic carbocycles. The molecule has 0 amide bonds. The molecule has 1 aromatic carbocycles. The van der Waals surface area contributed by atoms with Gasteiger partial charge < -0.3 is 11.1 Å². The fourth-order valence-electron chi connectivity index (χ4n) is 4.32. The predicted octanol–water partition coefficient (Wildman–Crippen LogP) is 3.70. The number of rotatable bonds is 5. The monoisotopic (exact) mass is 376 g/mol. The van der Waals surface area contributed by atoms with E-state index in [9.17, 15) is 0 Å². The lowest BCUT2D eigenvalue weighted by molar-refractivity contribution is 0.134. The van der Waals surface area contributed by atoms with E-state index in [1.165, 1.54) is 37.0 Å². The molecule has 6 nitrogen and oxygen atoms in total. The number of benzene rings is 1. The van der Waals surface area contributed by atoms with E-state index < -0.39 is 0 Å². The van der Waals surface area contributed by atoms with Gasteiger partial charge in [-0.25, -0.2) is 15.0 Å². The first kappa shape index (κ1) is 18.6. The fourth-order valence-corrected chi connectivity index (χ4v) is 4.32. The number of fused-ring (bicyclic) bond motifs is 1. The smallest absolute Gasteiger partial charge is 0.166 e. The van der Waals surface area contributed by atoms with E-state index in [-0.39, 0.29) is 0 Å². The van der Waals surface area contributed by atoms with E-state index in [1.807, 2.05) is 6.07 Å². The normalized spacial score (nSPS) is 20.4. The van der Waals surface area contributed by atoms with Crippen LogP contribution in [0.4, 0.5) is 11.6 Å². The van der Waals surface area contributed by atoms with Crippen molar-refractivity contribution < 1.29 is 0 Å². The van der Waals surface area contributed by atoms with Gasteiger partial charge in [-0.1, -0.05) is 38.1 Å². The number of nitrogen functional groups attached to an aromatic ring is 1. The van der Waals surface area contributed by atoms with Crippen LogP contribution in [0.15, 0.2) is 42.7 Å². The molecule has 2 atom stereocenters. The van der Waals surface area contributed by atoms with Crippen molar-refractivity contribution in [1.82, 2.24) is 19.9 Å². The fraction of sp³-hybridized carbons (Fsp3) is 0.409. The van der Waals surface area contributed by atoms with Gasteiger partial charge in [0, 0.05) is 26.2 Å². The van der Waals surface area contributed by atoms with Gasteiger partial charge in [0.1, 0.15) is 18.0 Å². The second kappa shape index (κ2) is 8.10. The number of nitrogens with two attached hydrogens (primary N) is 1. The van der Waals surface area contributed by atoms with Crippen LogP contribution in [-0.2, 0) is 13.1 Å². The summed E-state index contributed by atoms with van der Waals surface area (Å²) in [5.41, 5.74) is 9.05. The first-order valence-electron chi connectivity index (χ1n) is 9.98. The van der Waals surface area contributed by atoms with Crippen molar-refractivity contribution >= 4 is 22.7 Å². The maximum absolute atomic E-state index is 5.77. The summed E-state index contributed by atoms with van der Waals surface area (Å²) < 4.78 is 0. The molecule has 0 bridgehead atoms. The van der Waals surface area contributed by atoms with Crippen molar-refractivity contribution in [3.05, 3.63) is 53.9 Å². The number of likely N-dealkylation sites (tertiary alicyclic amines) is 1. The van der Waals surface area contributed by atoms with Gasteiger partial charge in [0.2, 0.25) is 0 Å². The summed E-state index contributed by atoms with van der Waals surface area (Å²) in [5, 5.41) is 4.35. The summed E-state index contributed by atoms with van der Waals surface area (Å²) in [7, 11) is 0. The van der Waals surface area contributed by atoms with Crippen molar-refractivity contribution in [3.8, 4) is 0 Å². The average Bonchev–Trinajstić information content (AvgIpc) is 2.66. The van der Waals surface area contributed by atoms with E-state index in [4.69, 9.17) is 5.73 Å². The maximum Gasteiger partial charge on any atom is 0.166 e. The van der Waals surface area contributed by atoms with Gasteiger partial charge in [0.05, 0.1) is 5.39 Å². The van der Waals surface area contributed by atoms with Crippen LogP contribution >= 0.6 is 0 Å². The van der Waals surface area contributed by atoms with Crippen LogP contribution in [0.2, 0.25) is 0 Å². The van der Waals surface area contributed by atoms with Gasteiger partial charge in [-0.05, 0) is 41.5 Å². The van der Waals surface area contributed by atoms with Crippen LogP contribution in [0.1, 0.15) is 31.4 Å². The van der Waals surface area contributed by atoms with E-state index >= 15 is 0 Å². The van der Waals surface area contributed by atoms with Crippen LogP contribution in [-0.4, -0.2) is 32.9 Å². The molecule has 2 unspecified atom stereocenters. The zero-order chi connectivity index (χ0) is 19.5. The van der Waals surface area contributed by atoms with Crippen LogP contribution in [0.5, 0.6) is 0 Å². The minimum atomic E-state index is 0.465. The Kier molecular flexibility index (Phi) is 5.39. The van der Waals surface area contributed by atoms with Crippen LogP contribution < -0.4 is 11.1 Å². The van der Waals surface area contributed by atoms with E-state index in [2.05, 4.69) is 63.3 Å². The lowest BCUT2D eigenvalue weighted by Crippen LogP contribution is -2.38. The maximum atomic E-state index is 5.77. The lowest BCUT2D eigenvalue weighted by Gasteiger charge is -2.35. The molecule has 1 aliphatic rings. The van der Waals surface area contributed by atoms with E-state index in [1.54, 1.807) is 6.07 Å². The standard InChI is InChI=1S/C22H28N6/c1-15-9-16(2)12-28(11-15)13-18-6-4-3-5-17(18)10-24-21-19-7-8-20(23)27-22(19)26-14-25-21/h3-8,14-16H,9-13H2,1-2H3,(H3,23,24,25,26,27). The molecule has 3 N–H and O–H groups in total. The quantitative estimate of drug-likeness (QED) is 0.707. The van der Waals surface area contributed by atoms with Gasteiger partial charge in [-0.2, -0.15) is 0 Å². The summed E-state index contributed by atoms with van der Waals surface area (Å²) in [6.07, 6.45) is 2.86. The number of aromatic nitrogens is 3. The number of piperidine rings is 1. The third-order valence-electron chi connectivity index (χ3n) is 5.42. The Labute approximate surface area is 166 Å². The number of anilines is 2. The van der Waals surface area contributed by atoms with E-state index in [0.717, 1.165) is 29.6 Å². The zero-order valence-corrected chi connectivity index (χ0v) is 16.6. The largest absolute Gasteiger partial charge is 0.384 e. The third kappa shape index (κ3) is 4.22. The molecule has 0 spiro atoms. The van der Waals surface area contributed by atoms with Crippen LogP contribution in [0, 0.1) is 11.8 Å². The predicted molar refractivity (Wildman–Crippen MR) is 114 cm³/mol. The molecular formula is C22H28N6. The Balaban J connectivity index is 1.50. The Bertz CT molecular complexity index is 947. The zero-order valence-electron chi connectivity index (χ0n) is 16.6. The first-order chi connectivity index (χ1) is 13.6. The molecule has 2 aromatic heterocycles. The molecule has 0 radical (unpaired) electrons. The number of nitrogens with zero attached hydrogens (tertiary/aromatic N) is 4. The van der Waals surface area contributed by atoms with Gasteiger partial charge in [-0.15, -0.1) is 0 Å². The Hall–Kier alpha value is -2.73.